The van der Waals surface area contributed by atoms with Crippen molar-refractivity contribution in [2.75, 3.05) is 32.7 Å². The Morgan fingerprint density at radius 2 is 2.10 bits per heavy atom. The third-order valence-corrected chi connectivity index (χ3v) is 4.75. The van der Waals surface area contributed by atoms with Crippen LogP contribution in [0.4, 0.5) is 0 Å². The Labute approximate surface area is 131 Å². The largest absolute Gasteiger partial charge is 0.329 e. The number of nitrogens with zero attached hydrogens (tertiary/aromatic N) is 2. The number of piperazine rings is 1. The van der Waals surface area contributed by atoms with Crippen molar-refractivity contribution in [1.29, 1.82) is 0 Å². The van der Waals surface area contributed by atoms with E-state index in [9.17, 15) is 0 Å². The Morgan fingerprint density at radius 1 is 1.35 bits per heavy atom. The lowest BCUT2D eigenvalue weighted by molar-refractivity contribution is 0.0607. The Bertz CT molecular complexity index is 453. The van der Waals surface area contributed by atoms with Crippen molar-refractivity contribution < 1.29 is 0 Å². The highest BCUT2D eigenvalue weighted by Crippen LogP contribution is 2.30. The Kier molecular flexibility index (Phi) is 5.70. The molecular formula is C15H23Cl2N3. The lowest BCUT2D eigenvalue weighted by atomic mass is 10.0. The van der Waals surface area contributed by atoms with E-state index in [1.807, 2.05) is 12.1 Å². The molecule has 20 heavy (non-hydrogen) atoms. The van der Waals surface area contributed by atoms with Crippen LogP contribution in [0.5, 0.6) is 0 Å². The van der Waals surface area contributed by atoms with E-state index in [4.69, 9.17) is 28.9 Å². The average Bonchev–Trinajstić information content (AvgIpc) is 2.42. The van der Waals surface area contributed by atoms with Gasteiger partial charge in [0.25, 0.3) is 0 Å². The first-order chi connectivity index (χ1) is 9.56. The first-order valence-electron chi connectivity index (χ1n) is 7.20. The van der Waals surface area contributed by atoms with Gasteiger partial charge in [-0.15, -0.1) is 0 Å². The van der Waals surface area contributed by atoms with E-state index in [1.165, 1.54) is 0 Å². The SMILES string of the molecule is CCN1CCN(C(CN)c2ccc(Cl)cc2Cl)CC1C. The summed E-state index contributed by atoms with van der Waals surface area (Å²) in [6.07, 6.45) is 0. The van der Waals surface area contributed by atoms with E-state index in [0.717, 1.165) is 31.7 Å². The zero-order valence-corrected chi connectivity index (χ0v) is 13.7. The molecule has 1 aromatic carbocycles. The van der Waals surface area contributed by atoms with Gasteiger partial charge in [0.15, 0.2) is 0 Å². The van der Waals surface area contributed by atoms with E-state index in [1.54, 1.807) is 6.07 Å². The van der Waals surface area contributed by atoms with Gasteiger partial charge in [-0.3, -0.25) is 9.80 Å². The highest BCUT2D eigenvalue weighted by atomic mass is 35.5. The summed E-state index contributed by atoms with van der Waals surface area (Å²) in [6.45, 7) is 9.28. The minimum Gasteiger partial charge on any atom is -0.329 e. The molecule has 0 amide bonds. The molecule has 1 saturated heterocycles. The van der Waals surface area contributed by atoms with E-state index in [0.29, 0.717) is 22.6 Å². The molecule has 2 unspecified atom stereocenters. The number of rotatable bonds is 4. The fourth-order valence-electron chi connectivity index (χ4n) is 3.02. The molecule has 3 nitrogen and oxygen atoms in total. The highest BCUT2D eigenvalue weighted by Gasteiger charge is 2.28. The summed E-state index contributed by atoms with van der Waals surface area (Å²) in [6, 6.07) is 6.40. The predicted molar refractivity (Wildman–Crippen MR) is 86.5 cm³/mol. The average molecular weight is 316 g/mol. The van der Waals surface area contributed by atoms with Crippen LogP contribution in [0.2, 0.25) is 10.0 Å². The van der Waals surface area contributed by atoms with Crippen LogP contribution < -0.4 is 5.73 Å². The molecule has 0 spiro atoms. The second-order valence-corrected chi connectivity index (χ2v) is 6.23. The summed E-state index contributed by atoms with van der Waals surface area (Å²) < 4.78 is 0. The fourth-order valence-corrected chi connectivity index (χ4v) is 3.56. The van der Waals surface area contributed by atoms with Gasteiger partial charge in [0.05, 0.1) is 0 Å². The molecule has 1 heterocycles. The first-order valence-corrected chi connectivity index (χ1v) is 7.95. The molecule has 2 atom stereocenters. The molecule has 0 saturated carbocycles. The van der Waals surface area contributed by atoms with Crippen molar-refractivity contribution in [3.63, 3.8) is 0 Å². The lowest BCUT2D eigenvalue weighted by Crippen LogP contribution is -2.53. The van der Waals surface area contributed by atoms with E-state index in [2.05, 4.69) is 23.6 Å². The topological polar surface area (TPSA) is 32.5 Å². The first kappa shape index (κ1) is 16.1. The minimum absolute atomic E-state index is 0.168. The Hall–Kier alpha value is -0.320. The zero-order chi connectivity index (χ0) is 14.7. The maximum atomic E-state index is 6.34. The Balaban J connectivity index is 2.16. The Morgan fingerprint density at radius 3 is 2.65 bits per heavy atom. The van der Waals surface area contributed by atoms with Crippen LogP contribution in [-0.4, -0.2) is 48.6 Å². The van der Waals surface area contributed by atoms with Crippen LogP contribution in [0.25, 0.3) is 0 Å². The van der Waals surface area contributed by atoms with Crippen molar-refractivity contribution in [1.82, 2.24) is 9.80 Å². The van der Waals surface area contributed by atoms with Gasteiger partial charge < -0.3 is 5.73 Å². The molecule has 112 valence electrons. The summed E-state index contributed by atoms with van der Waals surface area (Å²) in [7, 11) is 0. The lowest BCUT2D eigenvalue weighted by Gasteiger charge is -2.43. The molecule has 2 N–H and O–H groups in total. The van der Waals surface area contributed by atoms with Crippen LogP contribution in [-0.2, 0) is 0 Å². The molecular weight excluding hydrogens is 293 g/mol. The van der Waals surface area contributed by atoms with E-state index < -0.39 is 0 Å². The van der Waals surface area contributed by atoms with Crippen LogP contribution in [0.3, 0.4) is 0 Å². The monoisotopic (exact) mass is 315 g/mol. The quantitative estimate of drug-likeness (QED) is 0.927. The van der Waals surface area contributed by atoms with Crippen molar-refractivity contribution in [2.24, 2.45) is 5.73 Å². The number of hydrogen-bond donors (Lipinski definition) is 1. The van der Waals surface area contributed by atoms with Crippen LogP contribution in [0.1, 0.15) is 25.5 Å². The molecule has 0 aliphatic carbocycles. The highest BCUT2D eigenvalue weighted by molar-refractivity contribution is 6.35. The van der Waals surface area contributed by atoms with Crippen molar-refractivity contribution in [3.8, 4) is 0 Å². The molecule has 0 bridgehead atoms. The number of halogens is 2. The van der Waals surface area contributed by atoms with Gasteiger partial charge in [-0.05, 0) is 31.2 Å². The van der Waals surface area contributed by atoms with Gasteiger partial charge in [0, 0.05) is 48.3 Å². The summed E-state index contributed by atoms with van der Waals surface area (Å²) in [5.74, 6) is 0. The number of likely N-dealkylation sites (N-methyl/N-ethyl adjacent to an activating group) is 1. The maximum Gasteiger partial charge on any atom is 0.0486 e. The smallest absolute Gasteiger partial charge is 0.0486 e. The molecule has 1 aromatic rings. The summed E-state index contributed by atoms with van der Waals surface area (Å²) in [5, 5.41) is 1.37. The number of nitrogens with two attached hydrogens (primary N) is 1. The molecule has 0 aromatic heterocycles. The van der Waals surface area contributed by atoms with Gasteiger partial charge >= 0.3 is 0 Å². The molecule has 1 aliphatic heterocycles. The normalized spacial score (nSPS) is 22.9. The third kappa shape index (κ3) is 3.46. The van der Waals surface area contributed by atoms with Crippen molar-refractivity contribution in [2.45, 2.75) is 25.9 Å². The van der Waals surface area contributed by atoms with E-state index >= 15 is 0 Å². The fraction of sp³-hybridized carbons (Fsp3) is 0.600. The van der Waals surface area contributed by atoms with Crippen molar-refractivity contribution in [3.05, 3.63) is 33.8 Å². The third-order valence-electron chi connectivity index (χ3n) is 4.19. The summed E-state index contributed by atoms with van der Waals surface area (Å²) in [4.78, 5) is 4.93. The summed E-state index contributed by atoms with van der Waals surface area (Å²) in [5.41, 5.74) is 7.09. The molecule has 1 fully saturated rings. The standard InChI is InChI=1S/C15H23Cl2N3/c1-3-19-6-7-20(10-11(19)2)15(9-18)13-5-4-12(16)8-14(13)17/h4-5,8,11,15H,3,6-7,9-10,18H2,1-2H3. The molecule has 0 radical (unpaired) electrons. The van der Waals surface area contributed by atoms with E-state index in [-0.39, 0.29) is 6.04 Å². The molecule has 1 aliphatic rings. The summed E-state index contributed by atoms with van der Waals surface area (Å²) >= 11 is 12.3. The van der Waals surface area contributed by atoms with Gasteiger partial charge in [-0.25, -0.2) is 0 Å². The van der Waals surface area contributed by atoms with Crippen molar-refractivity contribution >= 4 is 23.2 Å². The predicted octanol–water partition coefficient (Wildman–Crippen LogP) is 3.02. The maximum absolute atomic E-state index is 6.34. The number of hydrogen-bond acceptors (Lipinski definition) is 3. The molecule has 2 rings (SSSR count). The van der Waals surface area contributed by atoms with Gasteiger partial charge in [-0.1, -0.05) is 36.2 Å². The minimum atomic E-state index is 0.168. The number of benzene rings is 1. The van der Waals surface area contributed by atoms with Crippen LogP contribution >= 0.6 is 23.2 Å². The van der Waals surface area contributed by atoms with Crippen LogP contribution in [0.15, 0.2) is 18.2 Å². The zero-order valence-electron chi connectivity index (χ0n) is 12.1. The van der Waals surface area contributed by atoms with Crippen LogP contribution in [0, 0.1) is 0 Å². The molecule has 5 heteroatoms. The second kappa shape index (κ2) is 7.10. The van der Waals surface area contributed by atoms with Gasteiger partial charge in [0.1, 0.15) is 0 Å². The van der Waals surface area contributed by atoms with Gasteiger partial charge in [0.2, 0.25) is 0 Å². The second-order valence-electron chi connectivity index (χ2n) is 5.39. The van der Waals surface area contributed by atoms with Gasteiger partial charge in [-0.2, -0.15) is 0 Å².